The zero-order chi connectivity index (χ0) is 14.7. The van der Waals surface area contributed by atoms with E-state index in [1.54, 1.807) is 12.1 Å². The Bertz CT molecular complexity index is 699. The normalized spacial score (nSPS) is 10.8. The Hall–Kier alpha value is -3.16. The van der Waals surface area contributed by atoms with E-state index in [1.165, 1.54) is 18.2 Å². The molecule has 0 aliphatic heterocycles. The van der Waals surface area contributed by atoms with Gasteiger partial charge in [0, 0.05) is 17.8 Å². The molecule has 0 heterocycles. The minimum Gasteiger partial charge on any atom is -0.506 e. The summed E-state index contributed by atoms with van der Waals surface area (Å²) in [6.45, 7) is 0. The molecule has 0 spiro atoms. The first-order chi connectivity index (χ1) is 9.47. The smallest absolute Gasteiger partial charge is 0.271 e. The third-order valence-electron chi connectivity index (χ3n) is 2.49. The van der Waals surface area contributed by atoms with Gasteiger partial charge in [0.25, 0.3) is 5.69 Å². The van der Waals surface area contributed by atoms with E-state index >= 15 is 0 Å². The topological polar surface area (TPSA) is 140 Å². The first-order valence-electron chi connectivity index (χ1n) is 5.51. The number of nitrogens with two attached hydrogens (primary N) is 2. The largest absolute Gasteiger partial charge is 0.506 e. The molecule has 0 saturated carbocycles. The maximum atomic E-state index is 10.6. The summed E-state index contributed by atoms with van der Waals surface area (Å²) in [4.78, 5) is 10.1. The number of nitrogens with zero attached hydrogens (tertiary/aromatic N) is 3. The van der Waals surface area contributed by atoms with E-state index < -0.39 is 4.92 Å². The summed E-state index contributed by atoms with van der Waals surface area (Å²) in [5.41, 5.74) is 12.2. The molecular formula is C12H11N5O3. The van der Waals surface area contributed by atoms with Crippen molar-refractivity contribution in [1.82, 2.24) is 0 Å². The quantitative estimate of drug-likeness (QED) is 0.341. The van der Waals surface area contributed by atoms with E-state index in [1.807, 2.05) is 0 Å². The van der Waals surface area contributed by atoms with E-state index in [4.69, 9.17) is 11.5 Å². The summed E-state index contributed by atoms with van der Waals surface area (Å²) in [5.74, 6) is -0.214. The van der Waals surface area contributed by atoms with Gasteiger partial charge < -0.3 is 16.6 Å². The van der Waals surface area contributed by atoms with Crippen molar-refractivity contribution in [2.75, 3.05) is 11.5 Å². The van der Waals surface area contributed by atoms with Crippen LogP contribution in [0.3, 0.4) is 0 Å². The number of benzene rings is 2. The number of phenols is 1. The molecule has 0 radical (unpaired) electrons. The molecule has 0 aliphatic rings. The number of hydrogen-bond donors (Lipinski definition) is 3. The Labute approximate surface area is 113 Å². The summed E-state index contributed by atoms with van der Waals surface area (Å²) in [6.07, 6.45) is 0. The lowest BCUT2D eigenvalue weighted by Crippen LogP contribution is -1.89. The van der Waals surface area contributed by atoms with Crippen LogP contribution in [0.25, 0.3) is 0 Å². The fraction of sp³-hybridized carbons (Fsp3) is 0. The van der Waals surface area contributed by atoms with Gasteiger partial charge in [0.2, 0.25) is 0 Å². The van der Waals surface area contributed by atoms with E-state index in [9.17, 15) is 15.2 Å². The fourth-order valence-corrected chi connectivity index (χ4v) is 1.48. The van der Waals surface area contributed by atoms with Crippen molar-refractivity contribution in [1.29, 1.82) is 0 Å². The van der Waals surface area contributed by atoms with E-state index in [0.29, 0.717) is 17.1 Å². The van der Waals surface area contributed by atoms with Crippen LogP contribution in [0, 0.1) is 10.1 Å². The summed E-state index contributed by atoms with van der Waals surface area (Å²) < 4.78 is 0. The lowest BCUT2D eigenvalue weighted by atomic mass is 10.2. The van der Waals surface area contributed by atoms with Gasteiger partial charge in [0.05, 0.1) is 10.6 Å². The molecule has 2 rings (SSSR count). The van der Waals surface area contributed by atoms with Gasteiger partial charge in [-0.3, -0.25) is 10.1 Å². The minimum atomic E-state index is -0.587. The van der Waals surface area contributed by atoms with E-state index in [0.717, 1.165) is 6.07 Å². The second kappa shape index (κ2) is 5.22. The van der Waals surface area contributed by atoms with Crippen LogP contribution >= 0.6 is 0 Å². The minimum absolute atomic E-state index is 0.0181. The average molecular weight is 273 g/mol. The zero-order valence-corrected chi connectivity index (χ0v) is 10.2. The van der Waals surface area contributed by atoms with Crippen molar-refractivity contribution in [2.45, 2.75) is 0 Å². The van der Waals surface area contributed by atoms with Crippen molar-refractivity contribution in [2.24, 2.45) is 10.2 Å². The molecule has 2 aromatic carbocycles. The molecule has 20 heavy (non-hydrogen) atoms. The van der Waals surface area contributed by atoms with Crippen molar-refractivity contribution in [3.8, 4) is 5.75 Å². The van der Waals surface area contributed by atoms with Gasteiger partial charge >= 0.3 is 0 Å². The molecular weight excluding hydrogens is 262 g/mol. The van der Waals surface area contributed by atoms with E-state index in [2.05, 4.69) is 10.2 Å². The Kier molecular flexibility index (Phi) is 3.47. The number of anilines is 2. The summed E-state index contributed by atoms with van der Waals surface area (Å²) in [5, 5.41) is 27.8. The maximum Gasteiger partial charge on any atom is 0.271 e. The van der Waals surface area contributed by atoms with Crippen LogP contribution in [0.2, 0.25) is 0 Å². The molecule has 102 valence electrons. The average Bonchev–Trinajstić information content (AvgIpc) is 2.39. The SMILES string of the molecule is Nc1ccc(N=Nc2cc([N+](=O)[O-])ccc2O)c(N)c1. The summed E-state index contributed by atoms with van der Waals surface area (Å²) in [6, 6.07) is 8.14. The summed E-state index contributed by atoms with van der Waals surface area (Å²) >= 11 is 0. The fourth-order valence-electron chi connectivity index (χ4n) is 1.48. The molecule has 0 saturated heterocycles. The number of azo groups is 1. The second-order valence-corrected chi connectivity index (χ2v) is 3.95. The predicted molar refractivity (Wildman–Crippen MR) is 74.2 cm³/mol. The Morgan fingerprint density at radius 2 is 1.75 bits per heavy atom. The van der Waals surface area contributed by atoms with Crippen molar-refractivity contribution in [3.63, 3.8) is 0 Å². The number of nitro benzene ring substituents is 1. The van der Waals surface area contributed by atoms with Crippen molar-refractivity contribution < 1.29 is 10.0 Å². The predicted octanol–water partition coefficient (Wildman–Crippen LogP) is 2.88. The number of rotatable bonds is 3. The maximum absolute atomic E-state index is 10.6. The van der Waals surface area contributed by atoms with Gasteiger partial charge in [-0.25, -0.2) is 0 Å². The monoisotopic (exact) mass is 273 g/mol. The van der Waals surface area contributed by atoms with Gasteiger partial charge in [-0.15, -0.1) is 10.2 Å². The van der Waals surface area contributed by atoms with Crippen LogP contribution in [-0.2, 0) is 0 Å². The summed E-state index contributed by atoms with van der Waals surface area (Å²) in [7, 11) is 0. The molecule has 0 fully saturated rings. The number of nitro groups is 1. The highest BCUT2D eigenvalue weighted by atomic mass is 16.6. The Morgan fingerprint density at radius 1 is 1.05 bits per heavy atom. The lowest BCUT2D eigenvalue weighted by Gasteiger charge is -2.01. The Balaban J connectivity index is 2.35. The number of phenolic OH excluding ortho intramolecular Hbond substituents is 1. The van der Waals surface area contributed by atoms with Crippen LogP contribution in [-0.4, -0.2) is 10.0 Å². The standard InChI is InChI=1S/C12H11N5O3/c13-7-1-3-10(9(14)5-7)15-16-11-6-8(17(19)20)2-4-12(11)18/h1-6,18H,13-14H2. The van der Waals surface area contributed by atoms with Crippen molar-refractivity contribution >= 4 is 28.4 Å². The van der Waals surface area contributed by atoms with Gasteiger partial charge in [-0.05, 0) is 24.3 Å². The number of nitrogen functional groups attached to an aromatic ring is 2. The molecule has 0 aliphatic carbocycles. The molecule has 8 heteroatoms. The molecule has 2 aromatic rings. The van der Waals surface area contributed by atoms with Gasteiger partial charge in [0.15, 0.2) is 0 Å². The van der Waals surface area contributed by atoms with Crippen LogP contribution in [0.1, 0.15) is 0 Å². The first kappa shape index (κ1) is 13.3. The number of aromatic hydroxyl groups is 1. The third-order valence-corrected chi connectivity index (χ3v) is 2.49. The molecule has 0 aromatic heterocycles. The molecule has 0 bridgehead atoms. The van der Waals surface area contributed by atoms with Gasteiger partial charge in [0.1, 0.15) is 17.1 Å². The Morgan fingerprint density at radius 3 is 2.40 bits per heavy atom. The van der Waals surface area contributed by atoms with Crippen molar-refractivity contribution in [3.05, 3.63) is 46.5 Å². The van der Waals surface area contributed by atoms with Crippen LogP contribution in [0.4, 0.5) is 28.4 Å². The van der Waals surface area contributed by atoms with Gasteiger partial charge in [-0.1, -0.05) is 0 Å². The molecule has 0 amide bonds. The highest BCUT2D eigenvalue weighted by molar-refractivity contribution is 5.67. The third kappa shape index (κ3) is 2.80. The van der Waals surface area contributed by atoms with Gasteiger partial charge in [-0.2, -0.15) is 0 Å². The number of hydrogen-bond acceptors (Lipinski definition) is 7. The highest BCUT2D eigenvalue weighted by Crippen LogP contribution is 2.33. The molecule has 0 atom stereocenters. The zero-order valence-electron chi connectivity index (χ0n) is 10.2. The lowest BCUT2D eigenvalue weighted by molar-refractivity contribution is -0.384. The molecule has 5 N–H and O–H groups in total. The molecule has 8 nitrogen and oxygen atoms in total. The second-order valence-electron chi connectivity index (χ2n) is 3.95. The van der Waals surface area contributed by atoms with E-state index in [-0.39, 0.29) is 17.1 Å². The first-order valence-corrected chi connectivity index (χ1v) is 5.51. The number of non-ortho nitro benzene ring substituents is 1. The van der Waals surface area contributed by atoms with Crippen LogP contribution in [0.5, 0.6) is 5.75 Å². The van der Waals surface area contributed by atoms with Crippen LogP contribution < -0.4 is 11.5 Å². The van der Waals surface area contributed by atoms with Crippen LogP contribution in [0.15, 0.2) is 46.6 Å². The molecule has 0 unspecified atom stereocenters. The highest BCUT2D eigenvalue weighted by Gasteiger charge is 2.10.